The van der Waals surface area contributed by atoms with Crippen LogP contribution in [0.1, 0.15) is 66.2 Å². The van der Waals surface area contributed by atoms with E-state index in [0.717, 1.165) is 18.8 Å². The summed E-state index contributed by atoms with van der Waals surface area (Å²) >= 11 is 0. The summed E-state index contributed by atoms with van der Waals surface area (Å²) in [5, 5.41) is 6.68. The molecule has 2 aliphatic carbocycles. The summed E-state index contributed by atoms with van der Waals surface area (Å²) in [5.74, 6) is 0.975. The minimum atomic E-state index is -0.414. The predicted octanol–water partition coefficient (Wildman–Crippen LogP) is 3.21. The van der Waals surface area contributed by atoms with Crippen LogP contribution in [0.5, 0.6) is 0 Å². The minimum Gasteiger partial charge on any atom is -0.444 e. The van der Waals surface area contributed by atoms with E-state index in [1.165, 1.54) is 25.7 Å². The van der Waals surface area contributed by atoms with Crippen LogP contribution >= 0.6 is 0 Å². The molecule has 2 fully saturated rings. The molecule has 0 bridgehead atoms. The van der Waals surface area contributed by atoms with Crippen molar-refractivity contribution in [3.63, 3.8) is 0 Å². The first-order valence-corrected chi connectivity index (χ1v) is 8.11. The molecule has 0 aromatic heterocycles. The lowest BCUT2D eigenvalue weighted by Gasteiger charge is -2.39. The maximum absolute atomic E-state index is 11.6. The Balaban J connectivity index is 1.60. The van der Waals surface area contributed by atoms with Gasteiger partial charge in [0.15, 0.2) is 0 Å². The molecular weight excluding hydrogens is 252 g/mol. The van der Waals surface area contributed by atoms with Crippen molar-refractivity contribution in [3.05, 3.63) is 0 Å². The summed E-state index contributed by atoms with van der Waals surface area (Å²) in [6.45, 7) is 7.93. The fourth-order valence-corrected chi connectivity index (χ4v) is 2.79. The standard InChI is InChI=1S/C16H30N2O2/c1-5-12(8-11-6-7-11)17-13-9-14(10-13)18-15(19)20-16(2,3)4/h11-14,17H,5-10H2,1-4H3,(H,18,19). The van der Waals surface area contributed by atoms with E-state index in [-0.39, 0.29) is 12.1 Å². The molecule has 4 heteroatoms. The van der Waals surface area contributed by atoms with E-state index in [9.17, 15) is 4.79 Å². The topological polar surface area (TPSA) is 50.4 Å². The maximum atomic E-state index is 11.6. The van der Waals surface area contributed by atoms with Crippen LogP contribution in [0.4, 0.5) is 4.79 Å². The third-order valence-electron chi connectivity index (χ3n) is 4.14. The summed E-state index contributed by atoms with van der Waals surface area (Å²) in [4.78, 5) is 11.6. The Bertz CT molecular complexity index is 328. The zero-order valence-electron chi connectivity index (χ0n) is 13.4. The smallest absolute Gasteiger partial charge is 0.407 e. The number of ether oxygens (including phenoxy) is 1. The van der Waals surface area contributed by atoms with Crippen LogP contribution in [0.25, 0.3) is 0 Å². The van der Waals surface area contributed by atoms with E-state index in [2.05, 4.69) is 17.6 Å². The molecule has 0 spiro atoms. The first-order valence-electron chi connectivity index (χ1n) is 8.11. The van der Waals surface area contributed by atoms with Gasteiger partial charge in [0.25, 0.3) is 0 Å². The summed E-state index contributed by atoms with van der Waals surface area (Å²) < 4.78 is 5.27. The van der Waals surface area contributed by atoms with Gasteiger partial charge in [-0.05, 0) is 52.4 Å². The van der Waals surface area contributed by atoms with E-state index >= 15 is 0 Å². The predicted molar refractivity (Wildman–Crippen MR) is 80.7 cm³/mol. The van der Waals surface area contributed by atoms with Crippen LogP contribution in [0.3, 0.4) is 0 Å². The molecule has 4 nitrogen and oxygen atoms in total. The molecule has 116 valence electrons. The van der Waals surface area contributed by atoms with Gasteiger partial charge in [0.1, 0.15) is 5.60 Å². The average Bonchev–Trinajstić information content (AvgIpc) is 3.06. The molecule has 1 amide bonds. The Labute approximate surface area is 123 Å². The Morgan fingerprint density at radius 3 is 2.40 bits per heavy atom. The lowest BCUT2D eigenvalue weighted by molar-refractivity contribution is 0.0462. The summed E-state index contributed by atoms with van der Waals surface area (Å²) in [7, 11) is 0. The molecular formula is C16H30N2O2. The number of rotatable bonds is 6. The summed E-state index contributed by atoms with van der Waals surface area (Å²) in [6.07, 6.45) is 7.15. The Morgan fingerprint density at radius 1 is 1.25 bits per heavy atom. The molecule has 0 aromatic rings. The molecule has 0 saturated heterocycles. The molecule has 20 heavy (non-hydrogen) atoms. The van der Waals surface area contributed by atoms with Gasteiger partial charge < -0.3 is 15.4 Å². The van der Waals surface area contributed by atoms with E-state index in [0.29, 0.717) is 12.1 Å². The first-order chi connectivity index (χ1) is 9.35. The maximum Gasteiger partial charge on any atom is 0.407 e. The van der Waals surface area contributed by atoms with Crippen LogP contribution in [0.15, 0.2) is 0 Å². The van der Waals surface area contributed by atoms with E-state index < -0.39 is 5.60 Å². The Kier molecular flexibility index (Phi) is 4.95. The third kappa shape index (κ3) is 5.31. The van der Waals surface area contributed by atoms with E-state index in [1.54, 1.807) is 0 Å². The molecule has 1 unspecified atom stereocenters. The van der Waals surface area contributed by atoms with Gasteiger partial charge in [-0.1, -0.05) is 19.8 Å². The number of hydrogen-bond acceptors (Lipinski definition) is 3. The van der Waals surface area contributed by atoms with Crippen molar-refractivity contribution in [1.82, 2.24) is 10.6 Å². The van der Waals surface area contributed by atoms with Crippen LogP contribution in [-0.2, 0) is 4.74 Å². The highest BCUT2D eigenvalue weighted by atomic mass is 16.6. The molecule has 0 aromatic carbocycles. The normalized spacial score (nSPS) is 27.6. The Hall–Kier alpha value is -0.770. The zero-order valence-corrected chi connectivity index (χ0v) is 13.4. The lowest BCUT2D eigenvalue weighted by Crippen LogP contribution is -2.55. The van der Waals surface area contributed by atoms with Crippen molar-refractivity contribution in [3.8, 4) is 0 Å². The van der Waals surface area contributed by atoms with Gasteiger partial charge in [-0.15, -0.1) is 0 Å². The summed E-state index contributed by atoms with van der Waals surface area (Å²) in [5.41, 5.74) is -0.414. The third-order valence-corrected chi connectivity index (χ3v) is 4.14. The van der Waals surface area contributed by atoms with E-state index in [1.807, 2.05) is 20.8 Å². The highest BCUT2D eigenvalue weighted by Crippen LogP contribution is 2.34. The van der Waals surface area contributed by atoms with Crippen LogP contribution in [-0.4, -0.2) is 29.8 Å². The molecule has 0 radical (unpaired) electrons. The molecule has 2 saturated carbocycles. The monoisotopic (exact) mass is 282 g/mol. The van der Waals surface area contributed by atoms with Gasteiger partial charge in [-0.2, -0.15) is 0 Å². The van der Waals surface area contributed by atoms with Gasteiger partial charge in [0.2, 0.25) is 0 Å². The number of amides is 1. The van der Waals surface area contributed by atoms with Crippen LogP contribution in [0, 0.1) is 5.92 Å². The lowest BCUT2D eigenvalue weighted by atomic mass is 9.86. The largest absolute Gasteiger partial charge is 0.444 e. The number of hydrogen-bond donors (Lipinski definition) is 2. The van der Waals surface area contributed by atoms with E-state index in [4.69, 9.17) is 4.74 Å². The van der Waals surface area contributed by atoms with Crippen molar-refractivity contribution in [2.24, 2.45) is 5.92 Å². The number of carbonyl (C=O) groups is 1. The molecule has 1 atom stereocenters. The molecule has 2 N–H and O–H groups in total. The van der Waals surface area contributed by atoms with Gasteiger partial charge in [0.05, 0.1) is 0 Å². The minimum absolute atomic E-state index is 0.279. The highest BCUT2D eigenvalue weighted by Gasteiger charge is 2.33. The van der Waals surface area contributed by atoms with Crippen LogP contribution < -0.4 is 10.6 Å². The fraction of sp³-hybridized carbons (Fsp3) is 0.938. The second kappa shape index (κ2) is 6.33. The van der Waals surface area contributed by atoms with Gasteiger partial charge >= 0.3 is 6.09 Å². The SMILES string of the molecule is CCC(CC1CC1)NC1CC(NC(=O)OC(C)(C)C)C1. The number of alkyl carbamates (subject to hydrolysis) is 1. The van der Waals surface area contributed by atoms with Crippen LogP contribution in [0.2, 0.25) is 0 Å². The second-order valence-corrected chi connectivity index (χ2v) is 7.46. The highest BCUT2D eigenvalue weighted by molar-refractivity contribution is 5.68. The molecule has 2 rings (SSSR count). The Morgan fingerprint density at radius 2 is 1.90 bits per heavy atom. The zero-order chi connectivity index (χ0) is 14.8. The van der Waals surface area contributed by atoms with Crippen molar-refractivity contribution in [1.29, 1.82) is 0 Å². The second-order valence-electron chi connectivity index (χ2n) is 7.46. The quantitative estimate of drug-likeness (QED) is 0.786. The number of nitrogens with one attached hydrogen (secondary N) is 2. The van der Waals surface area contributed by atoms with Gasteiger partial charge in [-0.3, -0.25) is 0 Å². The van der Waals surface area contributed by atoms with Crippen molar-refractivity contribution >= 4 is 6.09 Å². The average molecular weight is 282 g/mol. The first kappa shape index (κ1) is 15.6. The van der Waals surface area contributed by atoms with Crippen molar-refractivity contribution in [2.75, 3.05) is 0 Å². The molecule has 2 aliphatic rings. The fourth-order valence-electron chi connectivity index (χ4n) is 2.79. The van der Waals surface area contributed by atoms with Crippen molar-refractivity contribution in [2.45, 2.75) is 89.9 Å². The van der Waals surface area contributed by atoms with Crippen molar-refractivity contribution < 1.29 is 9.53 Å². The number of carbonyl (C=O) groups excluding carboxylic acids is 1. The molecule has 0 heterocycles. The summed E-state index contributed by atoms with van der Waals surface area (Å²) in [6, 6.07) is 1.51. The molecule has 0 aliphatic heterocycles. The van der Waals surface area contributed by atoms with Gasteiger partial charge in [0, 0.05) is 18.1 Å². The van der Waals surface area contributed by atoms with Gasteiger partial charge in [-0.25, -0.2) is 4.79 Å².